The van der Waals surface area contributed by atoms with E-state index in [4.69, 9.17) is 9.47 Å². The van der Waals surface area contributed by atoms with E-state index >= 15 is 0 Å². The number of nitrogens with zero attached hydrogens (tertiary/aromatic N) is 3. The largest absolute Gasteiger partial charge is 0.486 e. The summed E-state index contributed by atoms with van der Waals surface area (Å²) >= 11 is 0. The Hall–Kier alpha value is -3.61. The third-order valence-electron chi connectivity index (χ3n) is 5.29. The van der Waals surface area contributed by atoms with Gasteiger partial charge in [0.1, 0.15) is 13.2 Å². The van der Waals surface area contributed by atoms with Gasteiger partial charge in [0, 0.05) is 48.4 Å². The Bertz CT molecular complexity index is 1060. The van der Waals surface area contributed by atoms with Gasteiger partial charge < -0.3 is 19.7 Å². The quantitative estimate of drug-likeness (QED) is 0.716. The van der Waals surface area contributed by atoms with Gasteiger partial charge >= 0.3 is 0 Å². The van der Waals surface area contributed by atoms with E-state index in [1.54, 1.807) is 24.3 Å². The Labute approximate surface area is 174 Å². The van der Waals surface area contributed by atoms with E-state index < -0.39 is 0 Å². The Morgan fingerprint density at radius 2 is 1.67 bits per heavy atom. The summed E-state index contributed by atoms with van der Waals surface area (Å²) < 4.78 is 11.1. The Balaban J connectivity index is 1.32. The van der Waals surface area contributed by atoms with Gasteiger partial charge in [-0.15, -0.1) is 0 Å². The normalized spacial score (nSPS) is 15.1. The number of aromatic nitrogens is 2. The van der Waals surface area contributed by atoms with Crippen LogP contribution in [0, 0.1) is 0 Å². The highest BCUT2D eigenvalue weighted by molar-refractivity contribution is 6.05. The van der Waals surface area contributed by atoms with Gasteiger partial charge in [-0.2, -0.15) is 0 Å². The molecular formula is C23H22N4O3. The second kappa shape index (κ2) is 8.02. The SMILES string of the molecule is O=C(Nc1ccc2c(c1)OCCO2)c1cccc(-c2cnc(N3CCCC3)nc2)c1. The highest BCUT2D eigenvalue weighted by atomic mass is 16.6. The number of ether oxygens (including phenoxy) is 2. The van der Waals surface area contributed by atoms with Crippen molar-refractivity contribution in [2.45, 2.75) is 12.8 Å². The van der Waals surface area contributed by atoms with Crippen molar-refractivity contribution < 1.29 is 14.3 Å². The summed E-state index contributed by atoms with van der Waals surface area (Å²) in [5.74, 6) is 1.91. The van der Waals surface area contributed by atoms with Crippen molar-refractivity contribution in [2.75, 3.05) is 36.5 Å². The second-order valence-electron chi connectivity index (χ2n) is 7.36. The average Bonchev–Trinajstić information content (AvgIpc) is 3.34. The van der Waals surface area contributed by atoms with Crippen LogP contribution in [0.25, 0.3) is 11.1 Å². The zero-order valence-electron chi connectivity index (χ0n) is 16.5. The van der Waals surface area contributed by atoms with Crippen LogP contribution >= 0.6 is 0 Å². The third-order valence-corrected chi connectivity index (χ3v) is 5.29. The minimum absolute atomic E-state index is 0.192. The van der Waals surface area contributed by atoms with Crippen LogP contribution < -0.4 is 19.7 Å². The first kappa shape index (κ1) is 18.4. The van der Waals surface area contributed by atoms with E-state index in [0.717, 1.165) is 30.2 Å². The van der Waals surface area contributed by atoms with Crippen molar-refractivity contribution in [3.8, 4) is 22.6 Å². The van der Waals surface area contributed by atoms with Crippen LogP contribution in [0.3, 0.4) is 0 Å². The predicted molar refractivity (Wildman–Crippen MR) is 114 cm³/mol. The molecule has 2 aromatic carbocycles. The van der Waals surface area contributed by atoms with Crippen LogP contribution in [0.15, 0.2) is 54.9 Å². The van der Waals surface area contributed by atoms with Crippen LogP contribution in [0.2, 0.25) is 0 Å². The molecule has 3 heterocycles. The smallest absolute Gasteiger partial charge is 0.255 e. The fourth-order valence-electron chi connectivity index (χ4n) is 3.72. The molecule has 2 aliphatic heterocycles. The number of rotatable bonds is 4. The first-order valence-electron chi connectivity index (χ1n) is 10.1. The second-order valence-corrected chi connectivity index (χ2v) is 7.36. The van der Waals surface area contributed by atoms with Gasteiger partial charge in [0.15, 0.2) is 11.5 Å². The summed E-state index contributed by atoms with van der Waals surface area (Å²) in [5, 5.41) is 2.92. The van der Waals surface area contributed by atoms with Crippen molar-refractivity contribution in [3.63, 3.8) is 0 Å². The first-order chi connectivity index (χ1) is 14.8. The number of fused-ring (bicyclic) bond motifs is 1. The fourth-order valence-corrected chi connectivity index (χ4v) is 3.72. The molecule has 1 saturated heterocycles. The number of amides is 1. The molecule has 1 fully saturated rings. The van der Waals surface area contributed by atoms with Crippen LogP contribution in [0.4, 0.5) is 11.6 Å². The number of benzene rings is 2. The van der Waals surface area contributed by atoms with Crippen LogP contribution in [0.5, 0.6) is 11.5 Å². The molecule has 7 nitrogen and oxygen atoms in total. The summed E-state index contributed by atoms with van der Waals surface area (Å²) in [5.41, 5.74) is 3.00. The van der Waals surface area contributed by atoms with Gasteiger partial charge in [-0.1, -0.05) is 12.1 Å². The monoisotopic (exact) mass is 402 g/mol. The van der Waals surface area contributed by atoms with E-state index in [2.05, 4.69) is 20.2 Å². The third kappa shape index (κ3) is 3.78. The summed E-state index contributed by atoms with van der Waals surface area (Å²) in [7, 11) is 0. The topological polar surface area (TPSA) is 76.6 Å². The van der Waals surface area contributed by atoms with Crippen molar-refractivity contribution in [1.29, 1.82) is 0 Å². The van der Waals surface area contributed by atoms with Gasteiger partial charge in [0.25, 0.3) is 5.91 Å². The molecule has 0 unspecified atom stereocenters. The van der Waals surface area contributed by atoms with E-state index in [1.165, 1.54) is 12.8 Å². The molecule has 2 aliphatic rings. The predicted octanol–water partition coefficient (Wildman–Crippen LogP) is 3.77. The van der Waals surface area contributed by atoms with E-state index in [9.17, 15) is 4.79 Å². The Kier molecular flexibility index (Phi) is 4.93. The molecule has 1 aromatic heterocycles. The Morgan fingerprint density at radius 1 is 0.900 bits per heavy atom. The lowest BCUT2D eigenvalue weighted by Gasteiger charge is -2.19. The molecule has 0 bridgehead atoms. The minimum atomic E-state index is -0.192. The van der Waals surface area contributed by atoms with E-state index in [-0.39, 0.29) is 5.91 Å². The molecule has 1 amide bonds. The lowest BCUT2D eigenvalue weighted by atomic mass is 10.1. The van der Waals surface area contributed by atoms with E-state index in [0.29, 0.717) is 36.0 Å². The zero-order chi connectivity index (χ0) is 20.3. The van der Waals surface area contributed by atoms with Gasteiger partial charge in [-0.25, -0.2) is 9.97 Å². The average molecular weight is 402 g/mol. The van der Waals surface area contributed by atoms with Crippen molar-refractivity contribution in [2.24, 2.45) is 0 Å². The maximum Gasteiger partial charge on any atom is 0.255 e. The Morgan fingerprint density at radius 3 is 2.47 bits per heavy atom. The maximum absolute atomic E-state index is 12.8. The molecule has 0 saturated carbocycles. The highest BCUT2D eigenvalue weighted by Crippen LogP contribution is 2.32. The molecule has 0 atom stereocenters. The molecule has 0 radical (unpaired) electrons. The molecule has 5 rings (SSSR count). The minimum Gasteiger partial charge on any atom is -0.486 e. The number of nitrogens with one attached hydrogen (secondary N) is 1. The number of carbonyl (C=O) groups is 1. The van der Waals surface area contributed by atoms with Crippen LogP contribution in [-0.2, 0) is 0 Å². The molecule has 7 heteroatoms. The molecule has 1 N–H and O–H groups in total. The molecular weight excluding hydrogens is 380 g/mol. The molecule has 0 spiro atoms. The van der Waals surface area contributed by atoms with Crippen molar-refractivity contribution >= 4 is 17.5 Å². The summed E-state index contributed by atoms with van der Waals surface area (Å²) in [4.78, 5) is 24.0. The van der Waals surface area contributed by atoms with Crippen molar-refractivity contribution in [3.05, 3.63) is 60.4 Å². The van der Waals surface area contributed by atoms with Crippen LogP contribution in [-0.4, -0.2) is 42.2 Å². The van der Waals surface area contributed by atoms with Gasteiger partial charge in [0.05, 0.1) is 0 Å². The standard InChI is InChI=1S/C23H22N4O3/c28-22(26-19-6-7-20-21(13-19)30-11-10-29-20)17-5-3-4-16(12-17)18-14-24-23(25-15-18)27-8-1-2-9-27/h3-7,12-15H,1-2,8-11H2,(H,26,28). The summed E-state index contributed by atoms with van der Waals surface area (Å²) in [6.45, 7) is 3.06. The van der Waals surface area contributed by atoms with Gasteiger partial charge in [-0.3, -0.25) is 4.79 Å². The van der Waals surface area contributed by atoms with Crippen molar-refractivity contribution in [1.82, 2.24) is 9.97 Å². The first-order valence-corrected chi connectivity index (χ1v) is 10.1. The number of hydrogen-bond acceptors (Lipinski definition) is 6. The lowest BCUT2D eigenvalue weighted by Crippen LogP contribution is -2.20. The molecule has 30 heavy (non-hydrogen) atoms. The van der Waals surface area contributed by atoms with Gasteiger partial charge in [0.2, 0.25) is 5.95 Å². The lowest BCUT2D eigenvalue weighted by molar-refractivity contribution is 0.102. The highest BCUT2D eigenvalue weighted by Gasteiger charge is 2.16. The number of hydrogen-bond donors (Lipinski definition) is 1. The van der Waals surface area contributed by atoms with E-state index in [1.807, 2.05) is 30.6 Å². The maximum atomic E-state index is 12.8. The summed E-state index contributed by atoms with van der Waals surface area (Å²) in [6.07, 6.45) is 6.01. The zero-order valence-corrected chi connectivity index (χ0v) is 16.5. The van der Waals surface area contributed by atoms with Gasteiger partial charge in [-0.05, 0) is 42.7 Å². The number of anilines is 2. The summed E-state index contributed by atoms with van der Waals surface area (Å²) in [6, 6.07) is 12.8. The molecule has 152 valence electrons. The number of carbonyl (C=O) groups excluding carboxylic acids is 1. The molecule has 3 aromatic rings. The molecule has 0 aliphatic carbocycles. The van der Waals surface area contributed by atoms with Crippen LogP contribution in [0.1, 0.15) is 23.2 Å². The fraction of sp³-hybridized carbons (Fsp3) is 0.261.